The zero-order valence-electron chi connectivity index (χ0n) is 17.8. The van der Waals surface area contributed by atoms with Crippen molar-refractivity contribution in [1.82, 2.24) is 0 Å². The first kappa shape index (κ1) is 24.6. The van der Waals surface area contributed by atoms with E-state index >= 15 is 0 Å². The lowest BCUT2D eigenvalue weighted by Crippen LogP contribution is -2.32. The third-order valence-corrected chi connectivity index (χ3v) is 8.20. The van der Waals surface area contributed by atoms with Gasteiger partial charge in [-0.3, -0.25) is 4.57 Å². The van der Waals surface area contributed by atoms with Gasteiger partial charge in [0, 0.05) is 18.1 Å². The maximum atomic E-state index is 12.6. The second-order valence-corrected chi connectivity index (χ2v) is 12.4. The number of rotatable bonds is 10. The Balaban J connectivity index is 1.91. The van der Waals surface area contributed by atoms with Gasteiger partial charge in [-0.1, -0.05) is 18.3 Å². The summed E-state index contributed by atoms with van der Waals surface area (Å²) in [4.78, 5) is 12.6. The van der Waals surface area contributed by atoms with Crippen molar-refractivity contribution in [3.63, 3.8) is 0 Å². The Morgan fingerprint density at radius 1 is 1.18 bits per heavy atom. The molecular weight excluding hydrogens is 403 g/mol. The summed E-state index contributed by atoms with van der Waals surface area (Å²) < 4.78 is 35.4. The average Bonchev–Trinajstić information content (AvgIpc) is 3.02. The lowest BCUT2D eigenvalue weighted by Gasteiger charge is -2.31. The van der Waals surface area contributed by atoms with Crippen LogP contribution in [0.5, 0.6) is 0 Å². The fourth-order valence-electron chi connectivity index (χ4n) is 3.87. The highest BCUT2D eigenvalue weighted by Crippen LogP contribution is 2.56. The van der Waals surface area contributed by atoms with Gasteiger partial charge in [-0.05, 0) is 47.0 Å². The lowest BCUT2D eigenvalue weighted by molar-refractivity contribution is -0.195. The van der Waals surface area contributed by atoms with E-state index in [9.17, 15) is 14.6 Å². The Hall–Kier alpha value is 0.340. The normalized spacial score (nSPS) is 38.4. The quantitative estimate of drug-likeness (QED) is 0.519. The van der Waals surface area contributed by atoms with E-state index in [4.69, 9.17) is 18.7 Å². The van der Waals surface area contributed by atoms with Gasteiger partial charge in [-0.25, -0.2) is 0 Å². The van der Waals surface area contributed by atoms with Gasteiger partial charge in [0.15, 0.2) is 6.80 Å². The van der Waals surface area contributed by atoms with Crippen molar-refractivity contribution >= 4 is 18.2 Å². The molecule has 1 saturated heterocycles. The summed E-state index contributed by atoms with van der Waals surface area (Å²) in [5.74, 6) is -0.112. The molecular formula is C19H36O7PS-. The van der Waals surface area contributed by atoms with Crippen LogP contribution in [-0.2, 0) is 23.3 Å². The molecule has 0 aromatic rings. The molecule has 0 aromatic heterocycles. The van der Waals surface area contributed by atoms with Gasteiger partial charge >= 0.3 is 0 Å². The van der Waals surface area contributed by atoms with Crippen LogP contribution in [0.1, 0.15) is 54.4 Å². The van der Waals surface area contributed by atoms with Crippen molar-refractivity contribution in [3.8, 4) is 0 Å². The molecule has 4 unspecified atom stereocenters. The Morgan fingerprint density at radius 3 is 2.46 bits per heavy atom. The predicted octanol–water partition coefficient (Wildman–Crippen LogP) is 2.99. The van der Waals surface area contributed by atoms with E-state index in [0.29, 0.717) is 6.42 Å². The highest BCUT2D eigenvalue weighted by molar-refractivity contribution is 8.54. The molecule has 9 heteroatoms. The van der Waals surface area contributed by atoms with E-state index in [1.807, 2.05) is 41.5 Å². The third-order valence-electron chi connectivity index (χ3n) is 5.22. The number of aliphatic hydroxyl groups excluding tert-OH is 1. The molecule has 0 spiro atoms. The van der Waals surface area contributed by atoms with Gasteiger partial charge in [0.05, 0.1) is 49.3 Å². The topological polar surface area (TPSA) is 97.3 Å². The smallest absolute Gasteiger partial charge is 0.192 e. The van der Waals surface area contributed by atoms with Crippen LogP contribution >= 0.6 is 18.2 Å². The summed E-state index contributed by atoms with van der Waals surface area (Å²) in [6.07, 6.45) is -0.206. The van der Waals surface area contributed by atoms with Gasteiger partial charge in [-0.2, -0.15) is 0 Å². The van der Waals surface area contributed by atoms with Gasteiger partial charge in [0.2, 0.25) is 0 Å². The van der Waals surface area contributed by atoms with Crippen molar-refractivity contribution in [1.29, 1.82) is 0 Å². The SMILES string of the molecule is CC(C)OC[C@@H]1C(OP(=O)([O-])SC[C@H]2O[C@@H](C)CC2OC(C)C)C[C@H](C)C1O. The maximum Gasteiger partial charge on any atom is 0.192 e. The molecule has 8 atom stereocenters. The second kappa shape index (κ2) is 10.6. The van der Waals surface area contributed by atoms with Crippen LogP contribution in [0.4, 0.5) is 0 Å². The van der Waals surface area contributed by atoms with Gasteiger partial charge in [0.1, 0.15) is 0 Å². The van der Waals surface area contributed by atoms with Crippen LogP contribution in [0.2, 0.25) is 0 Å². The van der Waals surface area contributed by atoms with Crippen molar-refractivity contribution in [3.05, 3.63) is 0 Å². The first-order valence-electron chi connectivity index (χ1n) is 10.2. The molecule has 0 bridgehead atoms. The summed E-state index contributed by atoms with van der Waals surface area (Å²) in [7, 11) is 0. The highest BCUT2D eigenvalue weighted by Gasteiger charge is 2.43. The van der Waals surface area contributed by atoms with Crippen molar-refractivity contribution < 1.29 is 33.3 Å². The fraction of sp³-hybridized carbons (Fsp3) is 1.00. The van der Waals surface area contributed by atoms with Crippen LogP contribution in [0.15, 0.2) is 0 Å². The van der Waals surface area contributed by atoms with Crippen LogP contribution in [0.25, 0.3) is 0 Å². The Morgan fingerprint density at radius 2 is 1.86 bits per heavy atom. The zero-order valence-corrected chi connectivity index (χ0v) is 19.5. The van der Waals surface area contributed by atoms with E-state index in [1.165, 1.54) is 0 Å². The molecule has 28 heavy (non-hydrogen) atoms. The van der Waals surface area contributed by atoms with Crippen LogP contribution in [-0.4, -0.2) is 60.2 Å². The molecule has 2 aliphatic rings. The maximum absolute atomic E-state index is 12.6. The molecule has 1 aliphatic heterocycles. The monoisotopic (exact) mass is 439 g/mol. The first-order chi connectivity index (χ1) is 13.0. The largest absolute Gasteiger partial charge is 0.770 e. The second-order valence-electron chi connectivity index (χ2n) is 8.58. The molecule has 0 radical (unpaired) electrons. The van der Waals surface area contributed by atoms with Crippen molar-refractivity contribution in [2.24, 2.45) is 11.8 Å². The standard InChI is InChI=1S/C19H37O7PS/c1-11(2)23-9-15-16(7-13(5)19(15)20)26-27(21,22)28-10-18-17(24-12(3)4)8-14(6)25-18/h11-20H,7-10H2,1-6H3,(H,21,22)/p-1/t13-,14-,15+,16?,17?,18+,19?/m0/s1. The summed E-state index contributed by atoms with van der Waals surface area (Å²) in [6, 6.07) is 0. The average molecular weight is 440 g/mol. The van der Waals surface area contributed by atoms with Crippen LogP contribution < -0.4 is 4.89 Å². The van der Waals surface area contributed by atoms with Gasteiger partial charge in [-0.15, -0.1) is 0 Å². The van der Waals surface area contributed by atoms with E-state index in [-0.39, 0.29) is 54.7 Å². The third kappa shape index (κ3) is 7.24. The summed E-state index contributed by atoms with van der Waals surface area (Å²) in [6.45, 7) is 7.74. The minimum Gasteiger partial charge on any atom is -0.770 e. The van der Waals surface area contributed by atoms with E-state index in [0.717, 1.165) is 17.8 Å². The summed E-state index contributed by atoms with van der Waals surface area (Å²) in [5.41, 5.74) is 0. The number of hydrogen-bond donors (Lipinski definition) is 1. The molecule has 1 saturated carbocycles. The molecule has 2 fully saturated rings. The van der Waals surface area contributed by atoms with Gasteiger partial charge in [0.25, 0.3) is 0 Å². The summed E-state index contributed by atoms with van der Waals surface area (Å²) >= 11 is 0.775. The van der Waals surface area contributed by atoms with Crippen molar-refractivity contribution in [2.75, 3.05) is 12.4 Å². The molecule has 1 heterocycles. The van der Waals surface area contributed by atoms with Crippen LogP contribution in [0.3, 0.4) is 0 Å². The van der Waals surface area contributed by atoms with Gasteiger partial charge < -0.3 is 28.7 Å². The van der Waals surface area contributed by atoms with Crippen LogP contribution in [0, 0.1) is 11.8 Å². The Labute approximate surface area is 173 Å². The lowest BCUT2D eigenvalue weighted by atomic mass is 10.0. The Bertz CT molecular complexity index is 532. The van der Waals surface area contributed by atoms with E-state index in [1.54, 1.807) is 0 Å². The molecule has 2 rings (SSSR count). The fourth-order valence-corrected chi connectivity index (χ4v) is 6.63. The predicted molar refractivity (Wildman–Crippen MR) is 108 cm³/mol. The molecule has 7 nitrogen and oxygen atoms in total. The minimum atomic E-state index is -4.15. The Kier molecular flexibility index (Phi) is 9.30. The molecule has 0 amide bonds. The molecule has 0 aromatic carbocycles. The van der Waals surface area contributed by atoms with E-state index in [2.05, 4.69) is 0 Å². The van der Waals surface area contributed by atoms with Crippen molar-refractivity contribution in [2.45, 2.75) is 97.1 Å². The summed E-state index contributed by atoms with van der Waals surface area (Å²) in [5, 5.41) is 10.4. The first-order valence-corrected chi connectivity index (χ1v) is 13.4. The molecule has 1 N–H and O–H groups in total. The van der Waals surface area contributed by atoms with E-state index < -0.39 is 19.0 Å². The molecule has 166 valence electrons. The molecule has 1 aliphatic carbocycles. The zero-order chi connectivity index (χ0) is 21.1. The minimum absolute atomic E-state index is 0.0107. The number of hydrogen-bond acceptors (Lipinski definition) is 8. The highest BCUT2D eigenvalue weighted by atomic mass is 32.7. The number of ether oxygens (including phenoxy) is 3. The number of aliphatic hydroxyl groups is 1.